The molecule has 0 saturated carbocycles. The Bertz CT molecular complexity index is 529. The van der Waals surface area contributed by atoms with E-state index in [9.17, 15) is 8.42 Å². The van der Waals surface area contributed by atoms with E-state index in [0.717, 1.165) is 31.5 Å². The molecule has 0 aliphatic heterocycles. The Morgan fingerprint density at radius 2 is 2.00 bits per heavy atom. The number of halogens is 1. The number of aryl methyl sites for hydroxylation is 1. The van der Waals surface area contributed by atoms with E-state index < -0.39 is 10.2 Å². The Morgan fingerprint density at radius 1 is 1.29 bits per heavy atom. The van der Waals surface area contributed by atoms with E-state index in [1.165, 1.54) is 4.31 Å². The van der Waals surface area contributed by atoms with Crippen molar-refractivity contribution in [3.8, 4) is 0 Å². The topological polar surface area (TPSA) is 61.4 Å². The van der Waals surface area contributed by atoms with Crippen LogP contribution in [0.2, 0.25) is 5.02 Å². The Labute approximate surface area is 132 Å². The molecule has 5 nitrogen and oxygen atoms in total. The van der Waals surface area contributed by atoms with Gasteiger partial charge < -0.3 is 5.32 Å². The van der Waals surface area contributed by atoms with Crippen LogP contribution in [0.15, 0.2) is 18.2 Å². The van der Waals surface area contributed by atoms with Crippen molar-refractivity contribution in [3.63, 3.8) is 0 Å². The second kappa shape index (κ2) is 8.58. The van der Waals surface area contributed by atoms with Crippen LogP contribution in [0.1, 0.15) is 25.3 Å². The van der Waals surface area contributed by atoms with Gasteiger partial charge in [0.1, 0.15) is 0 Å². The molecule has 1 rings (SSSR count). The summed E-state index contributed by atoms with van der Waals surface area (Å²) in [5.41, 5.74) is 1.24. The van der Waals surface area contributed by atoms with Crippen LogP contribution in [0, 0.1) is 6.92 Å². The molecule has 0 radical (unpaired) electrons. The number of hydrogen-bond donors (Lipinski definition) is 2. The van der Waals surface area contributed by atoms with Crippen LogP contribution in [0.5, 0.6) is 0 Å². The molecule has 0 unspecified atom stereocenters. The zero-order chi connectivity index (χ0) is 15.9. The molecule has 0 saturated heterocycles. The molecule has 0 aliphatic rings. The van der Waals surface area contributed by atoms with Gasteiger partial charge in [-0.3, -0.25) is 4.72 Å². The van der Waals surface area contributed by atoms with Crippen molar-refractivity contribution < 1.29 is 8.42 Å². The molecule has 1 aromatic rings. The second-order valence-corrected chi connectivity index (χ2v) is 7.15. The highest BCUT2D eigenvalue weighted by Gasteiger charge is 2.19. The molecular formula is C14H24ClN3O2S. The fraction of sp³-hybridized carbons (Fsp3) is 0.571. The van der Waals surface area contributed by atoms with E-state index in [4.69, 9.17) is 11.6 Å². The van der Waals surface area contributed by atoms with Gasteiger partial charge in [-0.05, 0) is 44.5 Å². The third-order valence-corrected chi connectivity index (χ3v) is 4.90. The number of anilines is 1. The quantitative estimate of drug-likeness (QED) is 0.683. The summed E-state index contributed by atoms with van der Waals surface area (Å²) in [6.07, 6.45) is 1.83. The molecule has 120 valence electrons. The SMILES string of the molecule is CCCNCCCN(C)S(=O)(=O)Nc1c(C)cccc1Cl. The largest absolute Gasteiger partial charge is 0.317 e. The Morgan fingerprint density at radius 3 is 2.62 bits per heavy atom. The van der Waals surface area contributed by atoms with Gasteiger partial charge in [0, 0.05) is 13.6 Å². The fourth-order valence-corrected chi connectivity index (χ4v) is 3.20. The van der Waals surface area contributed by atoms with Gasteiger partial charge in [-0.1, -0.05) is 30.7 Å². The molecule has 21 heavy (non-hydrogen) atoms. The van der Waals surface area contributed by atoms with Gasteiger partial charge in [0.05, 0.1) is 10.7 Å². The fourth-order valence-electron chi connectivity index (χ4n) is 1.82. The summed E-state index contributed by atoms with van der Waals surface area (Å²) in [5, 5.41) is 3.65. The zero-order valence-corrected chi connectivity index (χ0v) is 14.4. The zero-order valence-electron chi connectivity index (χ0n) is 12.8. The summed E-state index contributed by atoms with van der Waals surface area (Å²) in [5.74, 6) is 0. The highest BCUT2D eigenvalue weighted by molar-refractivity contribution is 7.90. The summed E-state index contributed by atoms with van der Waals surface area (Å²) < 4.78 is 28.4. The van der Waals surface area contributed by atoms with Gasteiger partial charge in [0.2, 0.25) is 0 Å². The number of para-hydroxylation sites is 1. The highest BCUT2D eigenvalue weighted by atomic mass is 35.5. The standard InChI is InChI=1S/C14H24ClN3O2S/c1-4-9-16-10-6-11-18(3)21(19,20)17-14-12(2)7-5-8-13(14)15/h5,7-8,16-17H,4,6,9-11H2,1-3H3. The lowest BCUT2D eigenvalue weighted by atomic mass is 10.2. The van der Waals surface area contributed by atoms with Crippen molar-refractivity contribution in [3.05, 3.63) is 28.8 Å². The second-order valence-electron chi connectivity index (χ2n) is 4.96. The predicted molar refractivity (Wildman–Crippen MR) is 89.1 cm³/mol. The van der Waals surface area contributed by atoms with Crippen LogP contribution in [0.3, 0.4) is 0 Å². The lowest BCUT2D eigenvalue weighted by Gasteiger charge is -2.20. The van der Waals surface area contributed by atoms with Gasteiger partial charge in [0.15, 0.2) is 0 Å². The molecule has 1 aromatic carbocycles. The maximum atomic E-state index is 12.3. The van der Waals surface area contributed by atoms with E-state index in [1.807, 2.05) is 13.0 Å². The van der Waals surface area contributed by atoms with Gasteiger partial charge in [-0.15, -0.1) is 0 Å². The number of benzene rings is 1. The van der Waals surface area contributed by atoms with Crippen LogP contribution in [-0.2, 0) is 10.2 Å². The minimum Gasteiger partial charge on any atom is -0.317 e. The summed E-state index contributed by atoms with van der Waals surface area (Å²) >= 11 is 6.05. The smallest absolute Gasteiger partial charge is 0.301 e. The number of nitrogens with zero attached hydrogens (tertiary/aromatic N) is 1. The van der Waals surface area contributed by atoms with Crippen molar-refractivity contribution in [1.29, 1.82) is 0 Å². The Balaban J connectivity index is 2.60. The average Bonchev–Trinajstić information content (AvgIpc) is 2.42. The monoisotopic (exact) mass is 333 g/mol. The first-order valence-electron chi connectivity index (χ1n) is 7.08. The van der Waals surface area contributed by atoms with E-state index in [2.05, 4.69) is 17.0 Å². The van der Waals surface area contributed by atoms with Gasteiger partial charge in [-0.25, -0.2) is 0 Å². The summed E-state index contributed by atoms with van der Waals surface area (Å²) in [4.78, 5) is 0. The molecule has 0 spiro atoms. The summed E-state index contributed by atoms with van der Waals surface area (Å²) in [6, 6.07) is 5.28. The van der Waals surface area contributed by atoms with E-state index in [-0.39, 0.29) is 0 Å². The summed E-state index contributed by atoms with van der Waals surface area (Å²) in [6.45, 7) is 6.12. The van der Waals surface area contributed by atoms with Crippen LogP contribution >= 0.6 is 11.6 Å². The molecule has 0 aliphatic carbocycles. The molecule has 0 atom stereocenters. The number of rotatable bonds is 9. The molecule has 0 heterocycles. The lowest BCUT2D eigenvalue weighted by molar-refractivity contribution is 0.458. The third kappa shape index (κ3) is 5.82. The number of nitrogens with one attached hydrogen (secondary N) is 2. The van der Waals surface area contributed by atoms with Gasteiger partial charge in [0.25, 0.3) is 0 Å². The highest BCUT2D eigenvalue weighted by Crippen LogP contribution is 2.26. The summed E-state index contributed by atoms with van der Waals surface area (Å²) in [7, 11) is -2.02. The molecule has 7 heteroatoms. The van der Waals surface area contributed by atoms with Gasteiger partial charge in [-0.2, -0.15) is 12.7 Å². The molecular weight excluding hydrogens is 310 g/mol. The predicted octanol–water partition coefficient (Wildman–Crippen LogP) is 2.63. The number of hydrogen-bond acceptors (Lipinski definition) is 3. The van der Waals surface area contributed by atoms with E-state index >= 15 is 0 Å². The van der Waals surface area contributed by atoms with E-state index in [0.29, 0.717) is 17.3 Å². The molecule has 2 N–H and O–H groups in total. The van der Waals surface area contributed by atoms with Gasteiger partial charge >= 0.3 is 10.2 Å². The average molecular weight is 334 g/mol. The van der Waals surface area contributed by atoms with Crippen LogP contribution in [0.25, 0.3) is 0 Å². The molecule has 0 fully saturated rings. The van der Waals surface area contributed by atoms with Crippen molar-refractivity contribution in [2.24, 2.45) is 0 Å². The normalized spacial score (nSPS) is 11.9. The van der Waals surface area contributed by atoms with Crippen molar-refractivity contribution >= 4 is 27.5 Å². The molecule has 0 bridgehead atoms. The maximum absolute atomic E-state index is 12.3. The van der Waals surface area contributed by atoms with E-state index in [1.54, 1.807) is 19.2 Å². The Kier molecular flexibility index (Phi) is 7.45. The Hall–Kier alpha value is -0.820. The van der Waals surface area contributed by atoms with Crippen molar-refractivity contribution in [1.82, 2.24) is 9.62 Å². The molecule has 0 amide bonds. The first kappa shape index (κ1) is 18.2. The maximum Gasteiger partial charge on any atom is 0.301 e. The third-order valence-electron chi connectivity index (χ3n) is 3.12. The van der Waals surface area contributed by atoms with Crippen LogP contribution < -0.4 is 10.0 Å². The lowest BCUT2D eigenvalue weighted by Crippen LogP contribution is -2.34. The van der Waals surface area contributed by atoms with Crippen molar-refractivity contribution in [2.75, 3.05) is 31.4 Å². The first-order chi connectivity index (χ1) is 9.88. The molecule has 0 aromatic heterocycles. The van der Waals surface area contributed by atoms with Crippen LogP contribution in [0.4, 0.5) is 5.69 Å². The minimum atomic E-state index is -3.58. The van der Waals surface area contributed by atoms with Crippen LogP contribution in [-0.4, -0.2) is 39.4 Å². The minimum absolute atomic E-state index is 0.400. The van der Waals surface area contributed by atoms with Crippen molar-refractivity contribution in [2.45, 2.75) is 26.7 Å². The first-order valence-corrected chi connectivity index (χ1v) is 8.90.